The van der Waals surface area contributed by atoms with Crippen LogP contribution in [0.2, 0.25) is 5.02 Å². The highest BCUT2D eigenvalue weighted by atomic mass is 35.5. The topological polar surface area (TPSA) is 50.8 Å². The zero-order valence-electron chi connectivity index (χ0n) is 16.4. The fraction of sp³-hybridized carbons (Fsp3) is 0.409. The quantitative estimate of drug-likeness (QED) is 0.685. The van der Waals surface area contributed by atoms with Crippen LogP contribution in [0.3, 0.4) is 0 Å². The molecule has 0 radical (unpaired) electrons. The van der Waals surface area contributed by atoms with Crippen LogP contribution in [-0.4, -0.2) is 43.2 Å². The van der Waals surface area contributed by atoms with Gasteiger partial charge in [-0.05, 0) is 44.0 Å². The first-order valence-electron chi connectivity index (χ1n) is 9.82. The summed E-state index contributed by atoms with van der Waals surface area (Å²) >= 11 is 6.40. The molecule has 3 rings (SSSR count). The maximum Gasteiger partial charge on any atom is 0.254 e. The van der Waals surface area contributed by atoms with Crippen molar-refractivity contribution in [2.24, 2.45) is 0 Å². The average Bonchev–Trinajstić information content (AvgIpc) is 3.16. The van der Waals surface area contributed by atoms with E-state index in [0.717, 1.165) is 18.5 Å². The SMILES string of the molecule is CCCOc1c(Cl)cc(C(=O)N2CCC(Nc3ccccc3)C2)cc1OCC. The second-order valence-corrected chi connectivity index (χ2v) is 7.22. The average molecular weight is 403 g/mol. The van der Waals surface area contributed by atoms with E-state index in [9.17, 15) is 4.79 Å². The molecule has 28 heavy (non-hydrogen) atoms. The number of hydrogen-bond donors (Lipinski definition) is 1. The molecule has 0 aromatic heterocycles. The molecular weight excluding hydrogens is 376 g/mol. The zero-order valence-corrected chi connectivity index (χ0v) is 17.2. The fourth-order valence-corrected chi connectivity index (χ4v) is 3.58. The molecule has 6 heteroatoms. The molecule has 1 fully saturated rings. The number of anilines is 1. The molecule has 1 unspecified atom stereocenters. The van der Waals surface area contributed by atoms with Crippen LogP contribution < -0.4 is 14.8 Å². The van der Waals surface area contributed by atoms with Crippen molar-refractivity contribution in [1.29, 1.82) is 0 Å². The smallest absolute Gasteiger partial charge is 0.254 e. The highest BCUT2D eigenvalue weighted by Gasteiger charge is 2.28. The van der Waals surface area contributed by atoms with E-state index in [1.807, 2.05) is 49.1 Å². The molecule has 1 atom stereocenters. The third-order valence-electron chi connectivity index (χ3n) is 4.63. The van der Waals surface area contributed by atoms with Crippen molar-refractivity contribution in [3.8, 4) is 11.5 Å². The van der Waals surface area contributed by atoms with Crippen LogP contribution in [0.1, 0.15) is 37.0 Å². The number of nitrogens with zero attached hydrogens (tertiary/aromatic N) is 1. The molecule has 1 N–H and O–H groups in total. The Labute approximate surface area is 171 Å². The third-order valence-corrected chi connectivity index (χ3v) is 4.91. The first-order chi connectivity index (χ1) is 13.6. The Balaban J connectivity index is 1.71. The van der Waals surface area contributed by atoms with Crippen LogP contribution >= 0.6 is 11.6 Å². The lowest BCUT2D eigenvalue weighted by Crippen LogP contribution is -2.31. The molecule has 1 saturated heterocycles. The summed E-state index contributed by atoms with van der Waals surface area (Å²) in [6.07, 6.45) is 1.77. The summed E-state index contributed by atoms with van der Waals surface area (Å²) in [6, 6.07) is 13.7. The largest absolute Gasteiger partial charge is 0.490 e. The van der Waals surface area contributed by atoms with Crippen molar-refractivity contribution in [2.45, 2.75) is 32.7 Å². The minimum Gasteiger partial charge on any atom is -0.490 e. The van der Waals surface area contributed by atoms with E-state index in [2.05, 4.69) is 5.32 Å². The predicted octanol–water partition coefficient (Wildman–Crippen LogP) is 4.85. The Kier molecular flexibility index (Phi) is 7.04. The summed E-state index contributed by atoms with van der Waals surface area (Å²) in [5.74, 6) is 0.985. The van der Waals surface area contributed by atoms with Crippen LogP contribution in [0.4, 0.5) is 5.69 Å². The van der Waals surface area contributed by atoms with Crippen LogP contribution in [0.25, 0.3) is 0 Å². The van der Waals surface area contributed by atoms with E-state index in [-0.39, 0.29) is 11.9 Å². The van der Waals surface area contributed by atoms with Crippen molar-refractivity contribution in [1.82, 2.24) is 4.90 Å². The molecule has 0 saturated carbocycles. The normalized spacial score (nSPS) is 16.1. The van der Waals surface area contributed by atoms with E-state index in [1.165, 1.54) is 0 Å². The summed E-state index contributed by atoms with van der Waals surface area (Å²) in [7, 11) is 0. The Bertz CT molecular complexity index is 798. The number of amides is 1. The van der Waals surface area contributed by atoms with Crippen molar-refractivity contribution in [3.05, 3.63) is 53.1 Å². The molecule has 2 aromatic carbocycles. The van der Waals surface area contributed by atoms with Crippen molar-refractivity contribution < 1.29 is 14.3 Å². The Hall–Kier alpha value is -2.40. The van der Waals surface area contributed by atoms with Gasteiger partial charge in [0.1, 0.15) is 0 Å². The molecule has 0 aliphatic carbocycles. The number of hydrogen-bond acceptors (Lipinski definition) is 4. The van der Waals surface area contributed by atoms with Crippen LogP contribution in [0.5, 0.6) is 11.5 Å². The van der Waals surface area contributed by atoms with Crippen molar-refractivity contribution >= 4 is 23.2 Å². The van der Waals surface area contributed by atoms with Crippen LogP contribution in [-0.2, 0) is 0 Å². The molecule has 150 valence electrons. The van der Waals surface area contributed by atoms with Gasteiger partial charge in [-0.15, -0.1) is 0 Å². The summed E-state index contributed by atoms with van der Waals surface area (Å²) < 4.78 is 11.4. The standard InChI is InChI=1S/C22H27ClN2O3/c1-3-12-28-21-19(23)13-16(14-20(21)27-4-2)22(26)25-11-10-18(15-25)24-17-8-6-5-7-9-17/h5-9,13-14,18,24H,3-4,10-12,15H2,1-2H3. The lowest BCUT2D eigenvalue weighted by atomic mass is 10.1. The van der Waals surface area contributed by atoms with Gasteiger partial charge in [0.05, 0.1) is 18.2 Å². The van der Waals surface area contributed by atoms with Gasteiger partial charge in [-0.1, -0.05) is 36.7 Å². The van der Waals surface area contributed by atoms with E-state index >= 15 is 0 Å². The number of halogens is 1. The summed E-state index contributed by atoms with van der Waals surface area (Å²) in [4.78, 5) is 14.9. The van der Waals surface area contributed by atoms with Gasteiger partial charge < -0.3 is 19.7 Å². The van der Waals surface area contributed by atoms with Crippen molar-refractivity contribution in [3.63, 3.8) is 0 Å². The molecular formula is C22H27ClN2O3. The number of carbonyl (C=O) groups is 1. The molecule has 1 amide bonds. The van der Waals surface area contributed by atoms with E-state index < -0.39 is 0 Å². The van der Waals surface area contributed by atoms with Gasteiger partial charge in [-0.25, -0.2) is 0 Å². The van der Waals surface area contributed by atoms with Gasteiger partial charge in [-0.2, -0.15) is 0 Å². The van der Waals surface area contributed by atoms with E-state index in [1.54, 1.807) is 12.1 Å². The summed E-state index contributed by atoms with van der Waals surface area (Å²) in [5.41, 5.74) is 1.60. The van der Waals surface area contributed by atoms with E-state index in [0.29, 0.717) is 48.4 Å². The fourth-order valence-electron chi connectivity index (χ4n) is 3.31. The lowest BCUT2D eigenvalue weighted by molar-refractivity contribution is 0.0791. The second kappa shape index (κ2) is 9.69. The Morgan fingerprint density at radius 3 is 2.71 bits per heavy atom. The maximum atomic E-state index is 13.0. The van der Waals surface area contributed by atoms with Gasteiger partial charge in [0, 0.05) is 30.4 Å². The van der Waals surface area contributed by atoms with Gasteiger partial charge in [0.15, 0.2) is 11.5 Å². The first-order valence-corrected chi connectivity index (χ1v) is 10.2. The van der Waals surface area contributed by atoms with Crippen molar-refractivity contribution in [2.75, 3.05) is 31.6 Å². The molecule has 0 spiro atoms. The Morgan fingerprint density at radius 2 is 2.00 bits per heavy atom. The Morgan fingerprint density at radius 1 is 1.21 bits per heavy atom. The van der Waals surface area contributed by atoms with E-state index in [4.69, 9.17) is 21.1 Å². The zero-order chi connectivity index (χ0) is 19.9. The highest BCUT2D eigenvalue weighted by molar-refractivity contribution is 6.32. The number of para-hydroxylation sites is 1. The predicted molar refractivity (Wildman–Crippen MR) is 113 cm³/mol. The number of nitrogens with one attached hydrogen (secondary N) is 1. The summed E-state index contributed by atoms with van der Waals surface area (Å²) in [6.45, 7) is 6.31. The maximum absolute atomic E-state index is 13.0. The number of ether oxygens (including phenoxy) is 2. The van der Waals surface area contributed by atoms with Gasteiger partial charge in [-0.3, -0.25) is 4.79 Å². The van der Waals surface area contributed by atoms with Crippen LogP contribution in [0.15, 0.2) is 42.5 Å². The monoisotopic (exact) mass is 402 g/mol. The number of carbonyl (C=O) groups excluding carboxylic acids is 1. The number of benzene rings is 2. The molecule has 1 aliphatic heterocycles. The van der Waals surface area contributed by atoms with Gasteiger partial charge in [0.2, 0.25) is 0 Å². The van der Waals surface area contributed by atoms with Gasteiger partial charge in [0.25, 0.3) is 5.91 Å². The number of rotatable bonds is 8. The van der Waals surface area contributed by atoms with Gasteiger partial charge >= 0.3 is 0 Å². The highest BCUT2D eigenvalue weighted by Crippen LogP contribution is 2.37. The van der Waals surface area contributed by atoms with Crippen LogP contribution in [0, 0.1) is 0 Å². The molecule has 1 aliphatic rings. The first kappa shape index (κ1) is 20.3. The second-order valence-electron chi connectivity index (χ2n) is 6.81. The molecule has 2 aromatic rings. The third kappa shape index (κ3) is 4.90. The molecule has 0 bridgehead atoms. The molecule has 5 nitrogen and oxygen atoms in total. The summed E-state index contributed by atoms with van der Waals surface area (Å²) in [5, 5.41) is 3.89. The molecule has 1 heterocycles. The minimum absolute atomic E-state index is 0.0396. The number of likely N-dealkylation sites (tertiary alicyclic amines) is 1. The lowest BCUT2D eigenvalue weighted by Gasteiger charge is -2.19. The minimum atomic E-state index is -0.0396.